The smallest absolute Gasteiger partial charge is 0.225 e. The number of carbonyl (C=O) groups excluding carboxylic acids is 1. The van der Waals surface area contributed by atoms with E-state index in [-0.39, 0.29) is 24.3 Å². The number of hydrogen-bond donors (Lipinski definition) is 1. The van der Waals surface area contributed by atoms with Crippen molar-refractivity contribution in [2.24, 2.45) is 13.0 Å². The molecule has 26 heavy (non-hydrogen) atoms. The van der Waals surface area contributed by atoms with Crippen LogP contribution in [0.15, 0.2) is 24.5 Å². The Bertz CT molecular complexity index is 730. The highest BCUT2D eigenvalue weighted by Crippen LogP contribution is 2.38. The van der Waals surface area contributed by atoms with Gasteiger partial charge in [0, 0.05) is 19.4 Å². The Morgan fingerprint density at radius 3 is 2.19 bits per heavy atom. The number of nitrogens with zero attached hydrogens (tertiary/aromatic N) is 2. The van der Waals surface area contributed by atoms with Gasteiger partial charge in [-0.15, -0.1) is 0 Å². The maximum atomic E-state index is 12.6. The molecule has 0 aliphatic carbocycles. The Hall–Kier alpha value is -2.70. The maximum Gasteiger partial charge on any atom is 0.225 e. The Morgan fingerprint density at radius 2 is 1.77 bits per heavy atom. The Balaban J connectivity index is 2.20. The summed E-state index contributed by atoms with van der Waals surface area (Å²) in [5, 5.41) is 3.08. The minimum Gasteiger partial charge on any atom is -0.493 e. The first-order valence-corrected chi connectivity index (χ1v) is 8.46. The second kappa shape index (κ2) is 8.60. The van der Waals surface area contributed by atoms with E-state index < -0.39 is 0 Å². The Labute approximate surface area is 154 Å². The van der Waals surface area contributed by atoms with E-state index in [1.54, 1.807) is 39.7 Å². The number of rotatable bonds is 8. The Morgan fingerprint density at radius 1 is 1.15 bits per heavy atom. The lowest BCUT2D eigenvalue weighted by Gasteiger charge is -2.22. The molecule has 1 atom stereocenters. The molecule has 2 rings (SSSR count). The summed E-state index contributed by atoms with van der Waals surface area (Å²) < 4.78 is 17.9. The average molecular weight is 361 g/mol. The van der Waals surface area contributed by atoms with E-state index >= 15 is 0 Å². The zero-order valence-electron chi connectivity index (χ0n) is 16.2. The minimum absolute atomic E-state index is 0.0963. The molecule has 0 spiro atoms. The van der Waals surface area contributed by atoms with Gasteiger partial charge in [-0.05, 0) is 23.6 Å². The molecule has 0 radical (unpaired) electrons. The molecule has 2 aromatic rings. The van der Waals surface area contributed by atoms with E-state index in [1.807, 2.05) is 17.8 Å². The number of hydrogen-bond acceptors (Lipinski definition) is 5. The number of benzene rings is 1. The third-order valence-electron chi connectivity index (χ3n) is 4.21. The molecule has 1 aromatic carbocycles. The number of ether oxygens (including phenoxy) is 3. The van der Waals surface area contributed by atoms with Gasteiger partial charge in [0.25, 0.3) is 0 Å². The van der Waals surface area contributed by atoms with Crippen LogP contribution < -0.4 is 19.5 Å². The molecule has 1 N–H and O–H groups in total. The average Bonchev–Trinajstić information content (AvgIpc) is 3.04. The summed E-state index contributed by atoms with van der Waals surface area (Å²) in [4.78, 5) is 17.0. The van der Waals surface area contributed by atoms with Crippen LogP contribution in [-0.4, -0.2) is 36.8 Å². The number of aryl methyl sites for hydroxylation is 1. The second-order valence-corrected chi connectivity index (χ2v) is 6.40. The molecule has 7 nitrogen and oxygen atoms in total. The summed E-state index contributed by atoms with van der Waals surface area (Å²) in [6.45, 7) is 4.11. The van der Waals surface area contributed by atoms with Gasteiger partial charge in [-0.1, -0.05) is 13.8 Å². The van der Waals surface area contributed by atoms with Crippen molar-refractivity contribution in [3.8, 4) is 17.2 Å². The minimum atomic E-state index is -0.162. The third-order valence-corrected chi connectivity index (χ3v) is 4.21. The number of amides is 1. The van der Waals surface area contributed by atoms with Crippen LogP contribution >= 0.6 is 0 Å². The normalized spacial score (nSPS) is 12.0. The number of nitrogens with one attached hydrogen (secondary N) is 1. The molecule has 0 fully saturated rings. The van der Waals surface area contributed by atoms with Crippen LogP contribution in [0.3, 0.4) is 0 Å². The molecule has 1 heterocycles. The molecular formula is C19H27N3O4. The van der Waals surface area contributed by atoms with Gasteiger partial charge in [0.15, 0.2) is 11.5 Å². The molecular weight excluding hydrogens is 334 g/mol. The third kappa shape index (κ3) is 4.28. The fraction of sp³-hybridized carbons (Fsp3) is 0.474. The number of carbonyl (C=O) groups is 1. The number of methoxy groups -OCH3 is 3. The first-order valence-electron chi connectivity index (χ1n) is 8.46. The molecule has 1 aromatic heterocycles. The standard InChI is InChI=1S/C19H27N3O4/c1-12(2)17(19-20-7-8-22(19)3)21-16(23)11-13-9-14(24-4)18(26-6)15(10-13)25-5/h7-10,12,17H,11H2,1-6H3,(H,21,23). The molecule has 0 saturated carbocycles. The number of imidazole rings is 1. The van der Waals surface area contributed by atoms with Gasteiger partial charge in [0.2, 0.25) is 11.7 Å². The van der Waals surface area contributed by atoms with E-state index in [0.717, 1.165) is 11.4 Å². The molecule has 1 unspecified atom stereocenters. The van der Waals surface area contributed by atoms with E-state index in [0.29, 0.717) is 17.2 Å². The molecule has 7 heteroatoms. The lowest BCUT2D eigenvalue weighted by Crippen LogP contribution is -2.34. The van der Waals surface area contributed by atoms with Gasteiger partial charge in [0.1, 0.15) is 5.82 Å². The highest BCUT2D eigenvalue weighted by Gasteiger charge is 2.22. The highest BCUT2D eigenvalue weighted by molar-refractivity contribution is 5.79. The van der Waals surface area contributed by atoms with Crippen LogP contribution in [0.2, 0.25) is 0 Å². The monoisotopic (exact) mass is 361 g/mol. The van der Waals surface area contributed by atoms with Gasteiger partial charge in [-0.2, -0.15) is 0 Å². The lowest BCUT2D eigenvalue weighted by atomic mass is 10.0. The summed E-state index contributed by atoms with van der Waals surface area (Å²) in [6, 6.07) is 3.41. The summed E-state index contributed by atoms with van der Waals surface area (Å²) in [7, 11) is 6.57. The molecule has 0 aliphatic rings. The molecule has 142 valence electrons. The predicted octanol–water partition coefficient (Wildman–Crippen LogP) is 2.50. The first kappa shape index (κ1) is 19.6. The quantitative estimate of drug-likeness (QED) is 0.782. The van der Waals surface area contributed by atoms with Crippen molar-refractivity contribution in [1.29, 1.82) is 0 Å². The summed E-state index contributed by atoms with van der Waals surface area (Å²) in [6.07, 6.45) is 3.80. The van der Waals surface area contributed by atoms with Crippen molar-refractivity contribution in [3.63, 3.8) is 0 Å². The predicted molar refractivity (Wildman–Crippen MR) is 98.7 cm³/mol. The zero-order valence-corrected chi connectivity index (χ0v) is 16.2. The number of aromatic nitrogens is 2. The van der Waals surface area contributed by atoms with Crippen LogP contribution in [-0.2, 0) is 18.3 Å². The lowest BCUT2D eigenvalue weighted by molar-refractivity contribution is -0.121. The zero-order chi connectivity index (χ0) is 19.3. The van der Waals surface area contributed by atoms with Crippen molar-refractivity contribution in [3.05, 3.63) is 35.9 Å². The summed E-state index contributed by atoms with van der Waals surface area (Å²) in [5.41, 5.74) is 0.777. The molecule has 0 bridgehead atoms. The van der Waals surface area contributed by atoms with Crippen LogP contribution in [0.4, 0.5) is 0 Å². The molecule has 0 aliphatic heterocycles. The van der Waals surface area contributed by atoms with Gasteiger partial charge >= 0.3 is 0 Å². The van der Waals surface area contributed by atoms with Crippen molar-refractivity contribution in [2.75, 3.05) is 21.3 Å². The highest BCUT2D eigenvalue weighted by atomic mass is 16.5. The largest absolute Gasteiger partial charge is 0.493 e. The van der Waals surface area contributed by atoms with Crippen molar-refractivity contribution < 1.29 is 19.0 Å². The van der Waals surface area contributed by atoms with Crippen molar-refractivity contribution >= 4 is 5.91 Å². The van der Waals surface area contributed by atoms with E-state index in [1.165, 1.54) is 0 Å². The fourth-order valence-electron chi connectivity index (χ4n) is 2.85. The van der Waals surface area contributed by atoms with Crippen LogP contribution in [0.25, 0.3) is 0 Å². The van der Waals surface area contributed by atoms with Crippen LogP contribution in [0.5, 0.6) is 17.2 Å². The molecule has 1 amide bonds. The SMILES string of the molecule is COc1cc(CC(=O)NC(c2nccn2C)C(C)C)cc(OC)c1OC. The van der Waals surface area contributed by atoms with Gasteiger partial charge in [-0.25, -0.2) is 4.98 Å². The maximum absolute atomic E-state index is 12.6. The first-order chi connectivity index (χ1) is 12.4. The second-order valence-electron chi connectivity index (χ2n) is 6.40. The van der Waals surface area contributed by atoms with Crippen molar-refractivity contribution in [2.45, 2.75) is 26.3 Å². The topological polar surface area (TPSA) is 74.6 Å². The Kier molecular flexibility index (Phi) is 6.49. The molecule has 0 saturated heterocycles. The van der Waals surface area contributed by atoms with Crippen LogP contribution in [0.1, 0.15) is 31.3 Å². The fourth-order valence-corrected chi connectivity index (χ4v) is 2.85. The van der Waals surface area contributed by atoms with E-state index in [9.17, 15) is 4.79 Å². The van der Waals surface area contributed by atoms with E-state index in [2.05, 4.69) is 24.1 Å². The van der Waals surface area contributed by atoms with Gasteiger partial charge < -0.3 is 24.1 Å². The summed E-state index contributed by atoms with van der Waals surface area (Å²) in [5.74, 6) is 2.50. The van der Waals surface area contributed by atoms with Crippen molar-refractivity contribution in [1.82, 2.24) is 14.9 Å². The van der Waals surface area contributed by atoms with Gasteiger partial charge in [-0.3, -0.25) is 4.79 Å². The van der Waals surface area contributed by atoms with Crippen LogP contribution in [0, 0.1) is 5.92 Å². The van der Waals surface area contributed by atoms with Gasteiger partial charge in [0.05, 0.1) is 33.8 Å². The summed E-state index contributed by atoms with van der Waals surface area (Å²) >= 11 is 0. The van der Waals surface area contributed by atoms with E-state index in [4.69, 9.17) is 14.2 Å².